The molecule has 2 unspecified atom stereocenters. The molecule has 0 rings (SSSR count). The maximum atomic E-state index is 5.55. The van der Waals surface area contributed by atoms with Crippen molar-refractivity contribution < 1.29 is 9.47 Å². The SMILES string of the molecule is CCCOCC(NN)C(CC)OCC. The molecule has 0 bridgehead atoms. The summed E-state index contributed by atoms with van der Waals surface area (Å²) in [6.07, 6.45) is 2.11. The third-order valence-electron chi connectivity index (χ3n) is 2.09. The maximum Gasteiger partial charge on any atom is 0.0761 e. The fourth-order valence-corrected chi connectivity index (χ4v) is 1.35. The summed E-state index contributed by atoms with van der Waals surface area (Å²) in [5, 5.41) is 0. The van der Waals surface area contributed by atoms with Gasteiger partial charge in [0.1, 0.15) is 0 Å². The maximum absolute atomic E-state index is 5.55. The van der Waals surface area contributed by atoms with Crippen LogP contribution in [-0.2, 0) is 9.47 Å². The topological polar surface area (TPSA) is 56.5 Å². The second kappa shape index (κ2) is 9.40. The van der Waals surface area contributed by atoms with Gasteiger partial charge in [-0.15, -0.1) is 0 Å². The minimum absolute atomic E-state index is 0.0894. The van der Waals surface area contributed by atoms with Crippen LogP contribution in [0.5, 0.6) is 0 Å². The molecule has 14 heavy (non-hydrogen) atoms. The fourth-order valence-electron chi connectivity index (χ4n) is 1.35. The fraction of sp³-hybridized carbons (Fsp3) is 1.00. The predicted octanol–water partition coefficient (Wildman–Crippen LogP) is 1.06. The van der Waals surface area contributed by atoms with Crippen molar-refractivity contribution in [2.24, 2.45) is 5.84 Å². The number of ether oxygens (including phenoxy) is 2. The molecule has 86 valence electrons. The molecule has 4 nitrogen and oxygen atoms in total. The highest BCUT2D eigenvalue weighted by molar-refractivity contribution is 4.73. The molecule has 0 radical (unpaired) electrons. The summed E-state index contributed by atoms with van der Waals surface area (Å²) in [5.41, 5.74) is 2.75. The van der Waals surface area contributed by atoms with Crippen molar-refractivity contribution in [3.63, 3.8) is 0 Å². The van der Waals surface area contributed by atoms with E-state index in [0.29, 0.717) is 13.2 Å². The van der Waals surface area contributed by atoms with Crippen molar-refractivity contribution in [3.8, 4) is 0 Å². The Labute approximate surface area is 87.1 Å². The molecule has 3 N–H and O–H groups in total. The average Bonchev–Trinajstić information content (AvgIpc) is 2.22. The molecule has 0 amide bonds. The zero-order chi connectivity index (χ0) is 10.8. The van der Waals surface area contributed by atoms with Crippen molar-refractivity contribution >= 4 is 0 Å². The third-order valence-corrected chi connectivity index (χ3v) is 2.09. The largest absolute Gasteiger partial charge is 0.380 e. The first kappa shape index (κ1) is 13.8. The van der Waals surface area contributed by atoms with Gasteiger partial charge in [-0.3, -0.25) is 11.3 Å². The van der Waals surface area contributed by atoms with Gasteiger partial charge in [-0.1, -0.05) is 13.8 Å². The van der Waals surface area contributed by atoms with E-state index in [0.717, 1.165) is 19.4 Å². The van der Waals surface area contributed by atoms with E-state index in [1.54, 1.807) is 0 Å². The Balaban J connectivity index is 3.81. The van der Waals surface area contributed by atoms with Gasteiger partial charge in [0.15, 0.2) is 0 Å². The number of hydrogen-bond acceptors (Lipinski definition) is 4. The molecule has 0 heterocycles. The van der Waals surface area contributed by atoms with Crippen LogP contribution < -0.4 is 11.3 Å². The molecule has 0 aromatic carbocycles. The molecule has 0 spiro atoms. The highest BCUT2D eigenvalue weighted by Gasteiger charge is 2.18. The van der Waals surface area contributed by atoms with E-state index < -0.39 is 0 Å². The summed E-state index contributed by atoms with van der Waals surface area (Å²) >= 11 is 0. The predicted molar refractivity (Wildman–Crippen MR) is 57.9 cm³/mol. The van der Waals surface area contributed by atoms with E-state index in [-0.39, 0.29) is 12.1 Å². The van der Waals surface area contributed by atoms with E-state index in [9.17, 15) is 0 Å². The molecule has 0 aliphatic heterocycles. The van der Waals surface area contributed by atoms with Gasteiger partial charge in [-0.2, -0.15) is 0 Å². The smallest absolute Gasteiger partial charge is 0.0761 e. The summed E-state index contributed by atoms with van der Waals surface area (Å²) in [6, 6.07) is 0.0894. The summed E-state index contributed by atoms with van der Waals surface area (Å²) in [4.78, 5) is 0. The Morgan fingerprint density at radius 1 is 1.29 bits per heavy atom. The monoisotopic (exact) mass is 204 g/mol. The molecule has 0 aromatic heterocycles. The van der Waals surface area contributed by atoms with Crippen LogP contribution in [0, 0.1) is 0 Å². The van der Waals surface area contributed by atoms with Crippen LogP contribution in [0.3, 0.4) is 0 Å². The highest BCUT2D eigenvalue weighted by Crippen LogP contribution is 2.04. The van der Waals surface area contributed by atoms with Crippen LogP contribution in [0.2, 0.25) is 0 Å². The van der Waals surface area contributed by atoms with Crippen LogP contribution in [0.25, 0.3) is 0 Å². The molecule has 2 atom stereocenters. The van der Waals surface area contributed by atoms with Gasteiger partial charge in [0.2, 0.25) is 0 Å². The number of rotatable bonds is 9. The highest BCUT2D eigenvalue weighted by atomic mass is 16.5. The van der Waals surface area contributed by atoms with E-state index in [2.05, 4.69) is 19.3 Å². The lowest BCUT2D eigenvalue weighted by atomic mass is 10.1. The second-order valence-electron chi connectivity index (χ2n) is 3.25. The second-order valence-corrected chi connectivity index (χ2v) is 3.25. The molecule has 0 fully saturated rings. The van der Waals surface area contributed by atoms with E-state index in [1.807, 2.05) is 6.92 Å². The molecule has 0 saturated heterocycles. The van der Waals surface area contributed by atoms with E-state index >= 15 is 0 Å². The lowest BCUT2D eigenvalue weighted by Gasteiger charge is -2.25. The summed E-state index contributed by atoms with van der Waals surface area (Å²) in [6.45, 7) is 8.27. The van der Waals surface area contributed by atoms with E-state index in [1.165, 1.54) is 0 Å². The van der Waals surface area contributed by atoms with Gasteiger partial charge in [-0.25, -0.2) is 0 Å². The van der Waals surface area contributed by atoms with Gasteiger partial charge in [0.05, 0.1) is 18.8 Å². The van der Waals surface area contributed by atoms with Crippen LogP contribution in [0.4, 0.5) is 0 Å². The zero-order valence-electron chi connectivity index (χ0n) is 9.58. The van der Waals surface area contributed by atoms with Gasteiger partial charge in [0.25, 0.3) is 0 Å². The van der Waals surface area contributed by atoms with Crippen LogP contribution in [0.1, 0.15) is 33.6 Å². The minimum atomic E-state index is 0.0894. The molecule has 4 heteroatoms. The molecule has 0 aromatic rings. The van der Waals surface area contributed by atoms with Crippen LogP contribution in [-0.4, -0.2) is 32.0 Å². The van der Waals surface area contributed by atoms with Gasteiger partial charge in [0, 0.05) is 13.2 Å². The Morgan fingerprint density at radius 3 is 2.43 bits per heavy atom. The molecular formula is C10H24N2O2. The quantitative estimate of drug-likeness (QED) is 0.335. The van der Waals surface area contributed by atoms with Crippen molar-refractivity contribution in [3.05, 3.63) is 0 Å². The van der Waals surface area contributed by atoms with Gasteiger partial charge in [-0.05, 0) is 19.8 Å². The number of hydrazine groups is 1. The zero-order valence-corrected chi connectivity index (χ0v) is 9.58. The van der Waals surface area contributed by atoms with E-state index in [4.69, 9.17) is 15.3 Å². The number of hydrogen-bond donors (Lipinski definition) is 2. The summed E-state index contributed by atoms with van der Waals surface area (Å²) in [7, 11) is 0. The first-order chi connectivity index (χ1) is 6.79. The first-order valence-electron chi connectivity index (χ1n) is 5.45. The van der Waals surface area contributed by atoms with Gasteiger partial charge >= 0.3 is 0 Å². The Hall–Kier alpha value is -0.160. The van der Waals surface area contributed by atoms with Crippen LogP contribution in [0.15, 0.2) is 0 Å². The summed E-state index contributed by atoms with van der Waals surface area (Å²) < 4.78 is 11.0. The molecular weight excluding hydrogens is 180 g/mol. The lowest BCUT2D eigenvalue weighted by molar-refractivity contribution is -0.00135. The Bertz CT molecular complexity index is 123. The van der Waals surface area contributed by atoms with Crippen molar-refractivity contribution in [1.29, 1.82) is 0 Å². The molecule has 0 aliphatic rings. The number of nitrogens with two attached hydrogens (primary N) is 1. The van der Waals surface area contributed by atoms with Crippen molar-refractivity contribution in [2.75, 3.05) is 19.8 Å². The average molecular weight is 204 g/mol. The molecule has 0 aliphatic carbocycles. The van der Waals surface area contributed by atoms with Gasteiger partial charge < -0.3 is 9.47 Å². The summed E-state index contributed by atoms with van der Waals surface area (Å²) in [5.74, 6) is 5.45. The lowest BCUT2D eigenvalue weighted by Crippen LogP contribution is -2.48. The van der Waals surface area contributed by atoms with Crippen LogP contribution >= 0.6 is 0 Å². The Kier molecular flexibility index (Phi) is 9.29. The standard InChI is InChI=1S/C10H24N2O2/c1-4-7-13-8-9(12-11)10(5-2)14-6-3/h9-10,12H,4-8,11H2,1-3H3. The molecule has 0 saturated carbocycles. The minimum Gasteiger partial charge on any atom is -0.380 e. The van der Waals surface area contributed by atoms with Crippen molar-refractivity contribution in [1.82, 2.24) is 5.43 Å². The first-order valence-corrected chi connectivity index (χ1v) is 5.45. The number of nitrogens with one attached hydrogen (secondary N) is 1. The Morgan fingerprint density at radius 2 is 2.00 bits per heavy atom. The van der Waals surface area contributed by atoms with Crippen molar-refractivity contribution in [2.45, 2.75) is 45.8 Å². The normalized spacial score (nSPS) is 15.4. The third kappa shape index (κ3) is 5.54.